The van der Waals surface area contributed by atoms with Crippen LogP contribution in [0.2, 0.25) is 0 Å². The Morgan fingerprint density at radius 1 is 1.29 bits per heavy atom. The monoisotopic (exact) mass is 300 g/mol. The zero-order valence-corrected chi connectivity index (χ0v) is 12.8. The maximum absolute atomic E-state index is 6.03. The highest BCUT2D eigenvalue weighted by Gasteiger charge is 2.17. The van der Waals surface area contributed by atoms with Crippen LogP contribution in [0, 0.1) is 0 Å². The van der Waals surface area contributed by atoms with Crippen LogP contribution in [0.1, 0.15) is 24.3 Å². The van der Waals surface area contributed by atoms with Gasteiger partial charge in [-0.3, -0.25) is 4.98 Å². The minimum Gasteiger partial charge on any atom is -0.390 e. The van der Waals surface area contributed by atoms with Gasteiger partial charge in [0.25, 0.3) is 5.89 Å². The molecule has 21 heavy (non-hydrogen) atoms. The van der Waals surface area contributed by atoms with Gasteiger partial charge in [0.15, 0.2) is 0 Å². The van der Waals surface area contributed by atoms with Gasteiger partial charge < -0.3 is 10.3 Å². The van der Waals surface area contributed by atoms with Crippen molar-refractivity contribution >= 4 is 16.3 Å². The Morgan fingerprint density at radius 2 is 2.14 bits per heavy atom. The number of rotatable bonds is 4. The van der Waals surface area contributed by atoms with Crippen LogP contribution in [-0.2, 0) is 12.8 Å². The van der Waals surface area contributed by atoms with Gasteiger partial charge in [-0.05, 0) is 30.5 Å². The summed E-state index contributed by atoms with van der Waals surface area (Å²) in [7, 11) is 0. The van der Waals surface area contributed by atoms with Gasteiger partial charge in [0.2, 0.25) is 5.82 Å². The summed E-state index contributed by atoms with van der Waals surface area (Å²) in [5, 5.41) is 4.76. The van der Waals surface area contributed by atoms with Crippen molar-refractivity contribution in [2.75, 3.05) is 5.73 Å². The molecule has 0 aliphatic rings. The Bertz CT molecular complexity index is 763. The van der Waals surface area contributed by atoms with Crippen LogP contribution in [0.3, 0.4) is 0 Å². The summed E-state index contributed by atoms with van der Waals surface area (Å²) < 4.78 is 5.37. The molecular formula is C15H16N4OS. The molecule has 0 unspecified atom stereocenters. The summed E-state index contributed by atoms with van der Waals surface area (Å²) in [5.41, 5.74) is 8.70. The van der Waals surface area contributed by atoms with Crippen molar-refractivity contribution in [3.05, 3.63) is 34.8 Å². The van der Waals surface area contributed by atoms with Crippen LogP contribution in [0.25, 0.3) is 23.0 Å². The first-order chi connectivity index (χ1) is 10.2. The van der Waals surface area contributed by atoms with Gasteiger partial charge in [0, 0.05) is 11.1 Å². The lowest BCUT2D eigenvalue weighted by Gasteiger charge is -2.00. The fourth-order valence-corrected chi connectivity index (χ4v) is 3.01. The molecule has 0 spiro atoms. The van der Waals surface area contributed by atoms with E-state index >= 15 is 0 Å². The number of aromatic nitrogens is 3. The van der Waals surface area contributed by atoms with Gasteiger partial charge >= 0.3 is 0 Å². The third-order valence-corrected chi connectivity index (χ3v) is 4.41. The number of nitrogen functional groups attached to an aromatic ring is 1. The highest BCUT2D eigenvalue weighted by molar-refractivity contribution is 7.16. The van der Waals surface area contributed by atoms with Crippen molar-refractivity contribution in [3.63, 3.8) is 0 Å². The van der Waals surface area contributed by atoms with E-state index in [1.54, 1.807) is 17.5 Å². The minimum atomic E-state index is 0.450. The first-order valence-electron chi connectivity index (χ1n) is 6.89. The lowest BCUT2D eigenvalue weighted by molar-refractivity contribution is 0.432. The third kappa shape index (κ3) is 2.54. The van der Waals surface area contributed by atoms with E-state index in [2.05, 4.69) is 29.0 Å². The summed E-state index contributed by atoms with van der Waals surface area (Å²) in [4.78, 5) is 10.0. The molecule has 0 aliphatic heterocycles. The molecule has 3 aromatic rings. The van der Waals surface area contributed by atoms with Crippen molar-refractivity contribution in [2.24, 2.45) is 0 Å². The molecule has 0 aromatic carbocycles. The third-order valence-electron chi connectivity index (χ3n) is 3.30. The second kappa shape index (κ2) is 5.65. The molecule has 0 aliphatic carbocycles. The second-order valence-electron chi connectivity index (χ2n) is 4.63. The first-order valence-corrected chi connectivity index (χ1v) is 7.71. The Balaban J connectivity index is 2.01. The topological polar surface area (TPSA) is 77.8 Å². The van der Waals surface area contributed by atoms with Crippen molar-refractivity contribution in [3.8, 4) is 23.0 Å². The summed E-state index contributed by atoms with van der Waals surface area (Å²) in [5.74, 6) is 0.956. The number of aryl methyl sites for hydroxylation is 2. The summed E-state index contributed by atoms with van der Waals surface area (Å²) in [6, 6.07) is 5.94. The van der Waals surface area contributed by atoms with Crippen LogP contribution >= 0.6 is 11.3 Å². The molecule has 3 heterocycles. The van der Waals surface area contributed by atoms with Crippen LogP contribution < -0.4 is 5.73 Å². The number of hydrogen-bond acceptors (Lipinski definition) is 6. The molecule has 0 saturated carbocycles. The van der Waals surface area contributed by atoms with Crippen molar-refractivity contribution in [1.29, 1.82) is 0 Å². The first kappa shape index (κ1) is 13.8. The predicted molar refractivity (Wildman–Crippen MR) is 84.0 cm³/mol. The van der Waals surface area contributed by atoms with E-state index < -0.39 is 0 Å². The normalized spacial score (nSPS) is 11.0. The molecule has 0 atom stereocenters. The fraction of sp³-hybridized carbons (Fsp3) is 0.267. The predicted octanol–water partition coefficient (Wildman–Crippen LogP) is 3.57. The standard InChI is InChI=1S/C15H16N4OS/c1-3-9-6-5-7-17-12(9)14-18-15(20-19-14)11-8-10(4-2)21-13(11)16/h5-8H,3-4,16H2,1-2H3. The van der Waals surface area contributed by atoms with Gasteiger partial charge in [-0.1, -0.05) is 25.1 Å². The molecular weight excluding hydrogens is 284 g/mol. The van der Waals surface area contributed by atoms with Crippen molar-refractivity contribution in [2.45, 2.75) is 26.7 Å². The average Bonchev–Trinajstić information content (AvgIpc) is 3.13. The number of pyridine rings is 1. The van der Waals surface area contributed by atoms with E-state index in [1.165, 1.54) is 4.88 Å². The molecule has 108 valence electrons. The van der Waals surface area contributed by atoms with E-state index in [-0.39, 0.29) is 0 Å². The molecule has 0 radical (unpaired) electrons. The maximum Gasteiger partial charge on any atom is 0.261 e. The number of nitrogens with zero attached hydrogens (tertiary/aromatic N) is 3. The maximum atomic E-state index is 6.03. The summed E-state index contributed by atoms with van der Waals surface area (Å²) >= 11 is 1.56. The zero-order chi connectivity index (χ0) is 14.8. The average molecular weight is 300 g/mol. The Morgan fingerprint density at radius 3 is 2.86 bits per heavy atom. The number of hydrogen-bond donors (Lipinski definition) is 1. The van der Waals surface area contributed by atoms with E-state index in [0.717, 1.165) is 29.7 Å². The smallest absolute Gasteiger partial charge is 0.261 e. The van der Waals surface area contributed by atoms with E-state index in [9.17, 15) is 0 Å². The van der Waals surface area contributed by atoms with E-state index in [4.69, 9.17) is 10.3 Å². The number of thiophene rings is 1. The second-order valence-corrected chi connectivity index (χ2v) is 5.80. The van der Waals surface area contributed by atoms with E-state index in [1.807, 2.05) is 18.2 Å². The molecule has 5 nitrogen and oxygen atoms in total. The van der Waals surface area contributed by atoms with Crippen LogP contribution in [-0.4, -0.2) is 15.1 Å². The minimum absolute atomic E-state index is 0.450. The lowest BCUT2D eigenvalue weighted by atomic mass is 10.1. The quantitative estimate of drug-likeness (QED) is 0.797. The van der Waals surface area contributed by atoms with Gasteiger partial charge in [0.1, 0.15) is 5.69 Å². The van der Waals surface area contributed by atoms with Gasteiger partial charge in [0.05, 0.1) is 10.6 Å². The van der Waals surface area contributed by atoms with Crippen molar-refractivity contribution < 1.29 is 4.52 Å². The van der Waals surface area contributed by atoms with Crippen LogP contribution in [0.4, 0.5) is 5.00 Å². The molecule has 3 aromatic heterocycles. The van der Waals surface area contributed by atoms with Gasteiger partial charge in [-0.2, -0.15) is 4.98 Å². The van der Waals surface area contributed by atoms with Crippen LogP contribution in [0.15, 0.2) is 28.9 Å². The van der Waals surface area contributed by atoms with E-state index in [0.29, 0.717) is 16.7 Å². The Kier molecular flexibility index (Phi) is 3.70. The zero-order valence-electron chi connectivity index (χ0n) is 12.0. The fourth-order valence-electron chi connectivity index (χ4n) is 2.15. The largest absolute Gasteiger partial charge is 0.390 e. The Labute approximate surface area is 126 Å². The molecule has 0 saturated heterocycles. The van der Waals surface area contributed by atoms with Crippen LogP contribution in [0.5, 0.6) is 0 Å². The Hall–Kier alpha value is -2.21. The molecule has 6 heteroatoms. The highest BCUT2D eigenvalue weighted by atomic mass is 32.1. The van der Waals surface area contributed by atoms with Crippen molar-refractivity contribution in [1.82, 2.24) is 15.1 Å². The lowest BCUT2D eigenvalue weighted by Crippen LogP contribution is -1.92. The molecule has 0 bridgehead atoms. The molecule has 3 rings (SSSR count). The van der Waals surface area contributed by atoms with Gasteiger partial charge in [-0.15, -0.1) is 11.3 Å². The molecule has 2 N–H and O–H groups in total. The highest BCUT2D eigenvalue weighted by Crippen LogP contribution is 2.34. The summed E-state index contributed by atoms with van der Waals surface area (Å²) in [6.07, 6.45) is 3.54. The van der Waals surface area contributed by atoms with Gasteiger partial charge in [-0.25, -0.2) is 0 Å². The SMILES string of the molecule is CCc1cc(-c2nc(-c3ncccc3CC)no2)c(N)s1. The number of anilines is 1. The molecule has 0 fully saturated rings. The summed E-state index contributed by atoms with van der Waals surface area (Å²) in [6.45, 7) is 4.17. The number of nitrogens with two attached hydrogens (primary N) is 1. The molecule has 0 amide bonds.